The normalized spacial score (nSPS) is 14.2. The van der Waals surface area contributed by atoms with E-state index in [1.54, 1.807) is 0 Å². The zero-order valence-corrected chi connectivity index (χ0v) is 36.9. The molecule has 11 aromatic rings. The van der Waals surface area contributed by atoms with Crippen LogP contribution in [0.2, 0.25) is 0 Å². The Bertz CT molecular complexity index is 3950. The molecule has 4 aliphatic rings. The van der Waals surface area contributed by atoms with Gasteiger partial charge < -0.3 is 9.13 Å². The van der Waals surface area contributed by atoms with Crippen LogP contribution in [0.3, 0.4) is 0 Å². The lowest BCUT2D eigenvalue weighted by atomic mass is 9.33. The summed E-state index contributed by atoms with van der Waals surface area (Å²) in [5.41, 5.74) is 31.5. The van der Waals surface area contributed by atoms with Crippen LogP contribution in [0, 0.1) is 41.5 Å². The SMILES string of the molecule is Cc1ccc(-c2c(-c3ccc(C)cc3)n3c4c(cc5ccccc5c24)B2c4c-3ccc3c4-n4c5c2cc(C)cc5c2cc(C)cc(c24)C32c3cc(C)ccc3-c3ccc(C)cc32)cc1. The average molecular weight is 815 g/mol. The van der Waals surface area contributed by atoms with Crippen molar-refractivity contribution in [1.29, 1.82) is 0 Å². The lowest BCUT2D eigenvalue weighted by Crippen LogP contribution is -2.60. The van der Waals surface area contributed by atoms with Gasteiger partial charge in [-0.05, 0) is 131 Å². The van der Waals surface area contributed by atoms with Gasteiger partial charge in [0.2, 0.25) is 0 Å². The van der Waals surface area contributed by atoms with E-state index in [2.05, 4.69) is 202 Å². The number of rotatable bonds is 2. The number of nitrogens with zero attached hydrogens (tertiary/aromatic N) is 2. The van der Waals surface area contributed by atoms with Gasteiger partial charge in [0, 0.05) is 38.6 Å². The molecule has 0 atom stereocenters. The van der Waals surface area contributed by atoms with Gasteiger partial charge >= 0.3 is 0 Å². The van der Waals surface area contributed by atoms with E-state index < -0.39 is 5.41 Å². The van der Waals surface area contributed by atoms with Crippen molar-refractivity contribution in [3.05, 3.63) is 207 Å². The quantitative estimate of drug-likeness (QED) is 0.154. The number of hydrogen-bond acceptors (Lipinski definition) is 0. The molecule has 1 spiro atoms. The van der Waals surface area contributed by atoms with Crippen molar-refractivity contribution < 1.29 is 0 Å². The highest BCUT2D eigenvalue weighted by molar-refractivity contribution is 7.00. The first-order valence-corrected chi connectivity index (χ1v) is 23.0. The van der Waals surface area contributed by atoms with E-state index in [4.69, 9.17) is 0 Å². The van der Waals surface area contributed by atoms with Crippen LogP contribution in [0.25, 0.3) is 88.4 Å². The molecule has 0 saturated heterocycles. The largest absolute Gasteiger partial charge is 0.310 e. The summed E-state index contributed by atoms with van der Waals surface area (Å²) in [7, 11) is 0. The summed E-state index contributed by atoms with van der Waals surface area (Å²) in [4.78, 5) is 0. The van der Waals surface area contributed by atoms with E-state index in [9.17, 15) is 0 Å². The molecule has 0 radical (unpaired) electrons. The van der Waals surface area contributed by atoms with Crippen LogP contribution in [0.5, 0.6) is 0 Å². The third kappa shape index (κ3) is 3.99. The van der Waals surface area contributed by atoms with Crippen molar-refractivity contribution in [2.75, 3.05) is 0 Å². The lowest BCUT2D eigenvalue weighted by Gasteiger charge is -2.44. The summed E-state index contributed by atoms with van der Waals surface area (Å²) in [6, 6.07) is 59.8. The van der Waals surface area contributed by atoms with Gasteiger partial charge in [-0.15, -0.1) is 0 Å². The summed E-state index contributed by atoms with van der Waals surface area (Å²) in [5, 5.41) is 6.64. The van der Waals surface area contributed by atoms with Gasteiger partial charge in [0.05, 0.1) is 22.1 Å². The molecular formula is C61H43BN2. The van der Waals surface area contributed by atoms with Gasteiger partial charge in [0.25, 0.3) is 6.71 Å². The third-order valence-corrected chi connectivity index (χ3v) is 15.8. The van der Waals surface area contributed by atoms with Crippen LogP contribution >= 0.6 is 0 Å². The van der Waals surface area contributed by atoms with Crippen LogP contribution in [0.1, 0.15) is 55.6 Å². The van der Waals surface area contributed by atoms with Gasteiger partial charge in [-0.2, -0.15) is 0 Å². The van der Waals surface area contributed by atoms with Crippen molar-refractivity contribution in [2.24, 2.45) is 0 Å². The lowest BCUT2D eigenvalue weighted by molar-refractivity contribution is 0.746. The molecule has 15 rings (SSSR count). The summed E-state index contributed by atoms with van der Waals surface area (Å²) < 4.78 is 5.44. The zero-order chi connectivity index (χ0) is 42.7. The standard InChI is InChI=1S/C61H43BN2/c1-32-11-17-38(18-12-32)53-54-41-10-8-7-9-40(41)31-51-60(54)63(56(53)39-19-13-33(2)14-20-39)52-24-23-46-59-55(52)62(51)50-30-37(6)26-45-44-25-36(5)29-49(57(44)64(59)58(45)50)61(46)47-27-34(3)15-21-42(47)43-22-16-35(4)28-48(43)61/h7-31H,1-6H3. The number of hydrogen-bond donors (Lipinski definition) is 0. The Morgan fingerprint density at radius 1 is 0.422 bits per heavy atom. The molecule has 0 fully saturated rings. The van der Waals surface area contributed by atoms with Gasteiger partial charge in [-0.1, -0.05) is 167 Å². The molecule has 9 aromatic carbocycles. The molecule has 2 nitrogen and oxygen atoms in total. The molecule has 300 valence electrons. The second kappa shape index (κ2) is 11.6. The highest BCUT2D eigenvalue weighted by atomic mass is 15.1. The van der Waals surface area contributed by atoms with E-state index in [1.165, 1.54) is 160 Å². The highest BCUT2D eigenvalue weighted by Gasteiger charge is 2.54. The highest BCUT2D eigenvalue weighted by Crippen LogP contribution is 2.62. The van der Waals surface area contributed by atoms with Crippen molar-refractivity contribution >= 4 is 66.6 Å². The van der Waals surface area contributed by atoms with E-state index in [-0.39, 0.29) is 6.71 Å². The fourth-order valence-electron chi connectivity index (χ4n) is 13.3. The second-order valence-corrected chi connectivity index (χ2v) is 19.7. The Labute approximate surface area is 373 Å². The van der Waals surface area contributed by atoms with Gasteiger partial charge in [0.15, 0.2) is 0 Å². The van der Waals surface area contributed by atoms with Gasteiger partial charge in [-0.3, -0.25) is 0 Å². The summed E-state index contributed by atoms with van der Waals surface area (Å²) in [5.74, 6) is 0. The number of aryl methyl sites for hydroxylation is 6. The number of aromatic nitrogens is 2. The predicted molar refractivity (Wildman–Crippen MR) is 270 cm³/mol. The molecule has 0 saturated carbocycles. The first kappa shape index (κ1) is 35.1. The fourth-order valence-corrected chi connectivity index (χ4v) is 13.3. The monoisotopic (exact) mass is 814 g/mol. The minimum Gasteiger partial charge on any atom is -0.310 e. The summed E-state index contributed by atoms with van der Waals surface area (Å²) >= 11 is 0. The summed E-state index contributed by atoms with van der Waals surface area (Å²) in [6.45, 7) is 13.6. The number of benzene rings is 9. The maximum absolute atomic E-state index is 2.74. The first-order chi connectivity index (χ1) is 31.2. The molecule has 0 bridgehead atoms. The molecule has 0 unspecified atom stereocenters. The Morgan fingerprint density at radius 3 is 1.72 bits per heavy atom. The molecule has 3 aliphatic heterocycles. The van der Waals surface area contributed by atoms with Crippen LogP contribution in [-0.4, -0.2) is 15.8 Å². The smallest absolute Gasteiger partial charge is 0.252 e. The van der Waals surface area contributed by atoms with Crippen LogP contribution in [-0.2, 0) is 5.41 Å². The van der Waals surface area contributed by atoms with E-state index >= 15 is 0 Å². The maximum Gasteiger partial charge on any atom is 0.252 e. The Morgan fingerprint density at radius 2 is 1.02 bits per heavy atom. The van der Waals surface area contributed by atoms with Crippen LogP contribution < -0.4 is 16.4 Å². The minimum absolute atomic E-state index is 0.0189. The summed E-state index contributed by atoms with van der Waals surface area (Å²) in [6.07, 6.45) is 0. The first-order valence-electron chi connectivity index (χ1n) is 23.0. The third-order valence-electron chi connectivity index (χ3n) is 15.8. The van der Waals surface area contributed by atoms with E-state index in [1.807, 2.05) is 0 Å². The predicted octanol–water partition coefficient (Wildman–Crippen LogP) is 12.9. The Hall–Kier alpha value is -7.36. The maximum atomic E-state index is 2.74. The molecule has 2 aromatic heterocycles. The molecule has 3 heteroatoms. The van der Waals surface area contributed by atoms with Crippen LogP contribution in [0.15, 0.2) is 152 Å². The number of fused-ring (bicyclic) bond motifs is 13. The minimum atomic E-state index is -0.513. The average Bonchev–Trinajstić information content (AvgIpc) is 3.91. The Balaban J connectivity index is 1.22. The van der Waals surface area contributed by atoms with Crippen molar-refractivity contribution in [3.8, 4) is 44.9 Å². The topological polar surface area (TPSA) is 9.86 Å². The molecule has 5 heterocycles. The molecule has 1 aliphatic carbocycles. The second-order valence-electron chi connectivity index (χ2n) is 19.7. The van der Waals surface area contributed by atoms with Crippen molar-refractivity contribution in [1.82, 2.24) is 9.13 Å². The molecular weight excluding hydrogens is 771 g/mol. The molecule has 64 heavy (non-hydrogen) atoms. The zero-order valence-electron chi connectivity index (χ0n) is 36.9. The van der Waals surface area contributed by atoms with Crippen molar-refractivity contribution in [3.63, 3.8) is 0 Å². The van der Waals surface area contributed by atoms with Gasteiger partial charge in [0.1, 0.15) is 0 Å². The fraction of sp³-hybridized carbons (Fsp3) is 0.115. The van der Waals surface area contributed by atoms with Crippen LogP contribution in [0.4, 0.5) is 0 Å². The van der Waals surface area contributed by atoms with Crippen molar-refractivity contribution in [2.45, 2.75) is 47.0 Å². The Kier molecular flexibility index (Phi) is 6.37. The van der Waals surface area contributed by atoms with Gasteiger partial charge in [-0.25, -0.2) is 0 Å². The van der Waals surface area contributed by atoms with E-state index in [0.29, 0.717) is 0 Å². The molecule has 0 N–H and O–H groups in total. The van der Waals surface area contributed by atoms with E-state index in [0.717, 1.165) is 0 Å². The molecule has 0 amide bonds.